The number of rotatable bonds is 8. The summed E-state index contributed by atoms with van der Waals surface area (Å²) in [5, 5.41) is 19.5. The Morgan fingerprint density at radius 1 is 1.05 bits per heavy atom. The maximum Gasteiger partial charge on any atom is 0.198 e. The molecule has 0 bridgehead atoms. The Labute approximate surface area is 115 Å². The van der Waals surface area contributed by atoms with Gasteiger partial charge in [-0.05, 0) is 26.2 Å². The van der Waals surface area contributed by atoms with E-state index in [-0.39, 0.29) is 11.8 Å². The highest BCUT2D eigenvalue weighted by atomic mass is 16.3. The SMILES string of the molecule is CC=CCc1c(O)[nH]c(O)c1C=CCCCCCC. The predicted molar refractivity (Wildman–Crippen MR) is 80.4 cm³/mol. The zero-order valence-electron chi connectivity index (χ0n) is 11.9. The van der Waals surface area contributed by atoms with E-state index in [1.165, 1.54) is 25.7 Å². The van der Waals surface area contributed by atoms with Crippen molar-refractivity contribution in [3.63, 3.8) is 0 Å². The third kappa shape index (κ3) is 4.86. The molecule has 0 radical (unpaired) electrons. The minimum absolute atomic E-state index is 0.0433. The fourth-order valence-electron chi connectivity index (χ4n) is 2.04. The Kier molecular flexibility index (Phi) is 6.86. The predicted octanol–water partition coefficient (Wildman–Crippen LogP) is 4.53. The molecule has 3 nitrogen and oxygen atoms in total. The van der Waals surface area contributed by atoms with Gasteiger partial charge in [0.2, 0.25) is 0 Å². The van der Waals surface area contributed by atoms with Gasteiger partial charge in [0.15, 0.2) is 11.8 Å². The van der Waals surface area contributed by atoms with Gasteiger partial charge in [-0.2, -0.15) is 0 Å². The quantitative estimate of drug-likeness (QED) is 0.477. The van der Waals surface area contributed by atoms with Crippen LogP contribution in [0.2, 0.25) is 0 Å². The van der Waals surface area contributed by atoms with Gasteiger partial charge in [0, 0.05) is 11.1 Å². The first-order valence-corrected chi connectivity index (χ1v) is 7.11. The number of aromatic hydroxyl groups is 2. The summed E-state index contributed by atoms with van der Waals surface area (Å²) in [4.78, 5) is 2.57. The molecule has 1 aromatic heterocycles. The lowest BCUT2D eigenvalue weighted by Crippen LogP contribution is -1.82. The molecule has 0 saturated heterocycles. The molecule has 1 heterocycles. The standard InChI is InChI=1S/C16H25NO2/c1-3-5-7-8-9-10-12-14-13(11-6-4-2)15(18)17-16(14)19/h4,6,10,12,17-19H,3,5,7-9,11H2,1-2H3. The van der Waals surface area contributed by atoms with Crippen molar-refractivity contribution in [1.29, 1.82) is 0 Å². The average molecular weight is 263 g/mol. The fraction of sp³-hybridized carbons (Fsp3) is 0.500. The highest BCUT2D eigenvalue weighted by Crippen LogP contribution is 2.31. The highest BCUT2D eigenvalue weighted by molar-refractivity contribution is 5.63. The number of nitrogens with one attached hydrogen (secondary N) is 1. The summed E-state index contributed by atoms with van der Waals surface area (Å²) in [6.07, 6.45) is 14.4. The summed E-state index contributed by atoms with van der Waals surface area (Å²) in [6.45, 7) is 4.14. The van der Waals surface area contributed by atoms with E-state index in [2.05, 4.69) is 18.0 Å². The number of allylic oxidation sites excluding steroid dienone is 3. The van der Waals surface area contributed by atoms with E-state index in [1.54, 1.807) is 0 Å². The second-order valence-corrected chi connectivity index (χ2v) is 4.74. The molecule has 0 aromatic carbocycles. The fourth-order valence-corrected chi connectivity index (χ4v) is 2.04. The van der Waals surface area contributed by atoms with E-state index >= 15 is 0 Å². The van der Waals surface area contributed by atoms with Crippen LogP contribution < -0.4 is 0 Å². The monoisotopic (exact) mass is 263 g/mol. The molecule has 106 valence electrons. The number of hydrogen-bond donors (Lipinski definition) is 3. The number of H-pyrrole nitrogens is 1. The van der Waals surface area contributed by atoms with Crippen molar-refractivity contribution in [3.8, 4) is 11.8 Å². The van der Waals surface area contributed by atoms with Crippen molar-refractivity contribution < 1.29 is 10.2 Å². The average Bonchev–Trinajstić information content (AvgIpc) is 2.66. The molecule has 3 heteroatoms. The summed E-state index contributed by atoms with van der Waals surface area (Å²) in [6, 6.07) is 0. The van der Waals surface area contributed by atoms with Crippen molar-refractivity contribution in [1.82, 2.24) is 4.98 Å². The van der Waals surface area contributed by atoms with E-state index in [0.717, 1.165) is 12.0 Å². The first-order chi connectivity index (χ1) is 9.20. The molecule has 3 N–H and O–H groups in total. The van der Waals surface area contributed by atoms with Crippen LogP contribution in [0.25, 0.3) is 6.08 Å². The lowest BCUT2D eigenvalue weighted by atomic mass is 10.1. The van der Waals surface area contributed by atoms with Crippen LogP contribution >= 0.6 is 0 Å². The normalized spacial score (nSPS) is 11.9. The van der Waals surface area contributed by atoms with E-state index in [4.69, 9.17) is 0 Å². The Morgan fingerprint density at radius 2 is 1.84 bits per heavy atom. The first-order valence-electron chi connectivity index (χ1n) is 7.11. The molecular weight excluding hydrogens is 238 g/mol. The maximum atomic E-state index is 9.76. The van der Waals surface area contributed by atoms with E-state index in [1.807, 2.05) is 25.2 Å². The van der Waals surface area contributed by atoms with Gasteiger partial charge in [-0.3, -0.25) is 4.98 Å². The lowest BCUT2D eigenvalue weighted by Gasteiger charge is -1.98. The van der Waals surface area contributed by atoms with E-state index < -0.39 is 0 Å². The van der Waals surface area contributed by atoms with Crippen LogP contribution in [0.4, 0.5) is 0 Å². The molecule has 0 fully saturated rings. The number of aromatic amines is 1. The van der Waals surface area contributed by atoms with Crippen molar-refractivity contribution in [2.24, 2.45) is 0 Å². The zero-order chi connectivity index (χ0) is 14.1. The third-order valence-corrected chi connectivity index (χ3v) is 3.17. The Bertz CT molecular complexity index is 430. The van der Waals surface area contributed by atoms with Crippen LogP contribution in [0, 0.1) is 0 Å². The summed E-state index contributed by atoms with van der Waals surface area (Å²) in [7, 11) is 0. The molecule has 0 unspecified atom stereocenters. The van der Waals surface area contributed by atoms with Crippen LogP contribution in [-0.2, 0) is 6.42 Å². The molecule has 0 spiro atoms. The van der Waals surface area contributed by atoms with Gasteiger partial charge in [0.25, 0.3) is 0 Å². The van der Waals surface area contributed by atoms with Crippen molar-refractivity contribution in [3.05, 3.63) is 29.4 Å². The van der Waals surface area contributed by atoms with E-state index in [9.17, 15) is 10.2 Å². The molecular formula is C16H25NO2. The topological polar surface area (TPSA) is 56.2 Å². The molecule has 0 saturated carbocycles. The van der Waals surface area contributed by atoms with Gasteiger partial charge in [-0.25, -0.2) is 0 Å². The molecule has 19 heavy (non-hydrogen) atoms. The number of unbranched alkanes of at least 4 members (excludes halogenated alkanes) is 4. The third-order valence-electron chi connectivity index (χ3n) is 3.17. The summed E-state index contributed by atoms with van der Waals surface area (Å²) in [5.41, 5.74) is 1.45. The molecule has 0 aliphatic rings. The Balaban J connectivity index is 2.63. The molecule has 0 aliphatic heterocycles. The summed E-state index contributed by atoms with van der Waals surface area (Å²) in [5.74, 6) is 0.100. The van der Waals surface area contributed by atoms with Gasteiger partial charge < -0.3 is 10.2 Å². The molecule has 0 atom stereocenters. The molecule has 0 aliphatic carbocycles. The van der Waals surface area contributed by atoms with Gasteiger partial charge in [0.05, 0.1) is 0 Å². The van der Waals surface area contributed by atoms with Gasteiger partial charge in [0.1, 0.15) is 0 Å². The Hall–Kier alpha value is -1.64. The zero-order valence-corrected chi connectivity index (χ0v) is 11.9. The van der Waals surface area contributed by atoms with Crippen molar-refractivity contribution >= 4 is 6.08 Å². The van der Waals surface area contributed by atoms with Crippen molar-refractivity contribution in [2.45, 2.75) is 52.4 Å². The summed E-state index contributed by atoms with van der Waals surface area (Å²) >= 11 is 0. The minimum Gasteiger partial charge on any atom is -0.494 e. The Morgan fingerprint density at radius 3 is 2.53 bits per heavy atom. The molecule has 0 amide bonds. The molecule has 1 rings (SSSR count). The summed E-state index contributed by atoms with van der Waals surface area (Å²) < 4.78 is 0. The van der Waals surface area contributed by atoms with Crippen LogP contribution in [-0.4, -0.2) is 15.2 Å². The second-order valence-electron chi connectivity index (χ2n) is 4.74. The number of aromatic nitrogens is 1. The lowest BCUT2D eigenvalue weighted by molar-refractivity contribution is 0.423. The minimum atomic E-state index is 0.0433. The van der Waals surface area contributed by atoms with Crippen LogP contribution in [0.3, 0.4) is 0 Å². The van der Waals surface area contributed by atoms with E-state index in [0.29, 0.717) is 12.0 Å². The smallest absolute Gasteiger partial charge is 0.198 e. The van der Waals surface area contributed by atoms with Gasteiger partial charge in [-0.1, -0.05) is 50.5 Å². The van der Waals surface area contributed by atoms with Gasteiger partial charge >= 0.3 is 0 Å². The number of hydrogen-bond acceptors (Lipinski definition) is 2. The van der Waals surface area contributed by atoms with Crippen LogP contribution in [0.15, 0.2) is 18.2 Å². The maximum absolute atomic E-state index is 9.76. The first kappa shape index (κ1) is 15.4. The second kappa shape index (κ2) is 8.46. The molecule has 1 aromatic rings. The van der Waals surface area contributed by atoms with Crippen LogP contribution in [0.5, 0.6) is 11.8 Å². The highest BCUT2D eigenvalue weighted by Gasteiger charge is 2.12. The largest absolute Gasteiger partial charge is 0.494 e. The van der Waals surface area contributed by atoms with Crippen LogP contribution in [0.1, 0.15) is 57.1 Å². The van der Waals surface area contributed by atoms with Crippen molar-refractivity contribution in [2.75, 3.05) is 0 Å². The van der Waals surface area contributed by atoms with Gasteiger partial charge in [-0.15, -0.1) is 0 Å².